The van der Waals surface area contributed by atoms with E-state index in [1.54, 1.807) is 0 Å². The van der Waals surface area contributed by atoms with Gasteiger partial charge in [-0.2, -0.15) is 0 Å². The van der Waals surface area contributed by atoms with Gasteiger partial charge in [0.15, 0.2) is 0 Å². The molecule has 1 rings (SSSR count). The van der Waals surface area contributed by atoms with Gasteiger partial charge in [0.2, 0.25) is 0 Å². The summed E-state index contributed by atoms with van der Waals surface area (Å²) in [6, 6.07) is 6.77. The average molecular weight is 266 g/mol. The molecular weight excluding hydrogens is 250 g/mol. The third kappa shape index (κ3) is 3.70. The predicted molar refractivity (Wildman–Crippen MR) is 68.7 cm³/mol. The van der Waals surface area contributed by atoms with Crippen LogP contribution in [0.5, 0.6) is 0 Å². The van der Waals surface area contributed by atoms with Crippen LogP contribution in [0.25, 0.3) is 0 Å². The zero-order valence-corrected chi connectivity index (χ0v) is 11.0. The van der Waals surface area contributed by atoms with E-state index in [2.05, 4.69) is 58.2 Å². The normalized spacial score (nSPS) is 11.7. The van der Waals surface area contributed by atoms with E-state index in [0.717, 1.165) is 10.9 Å². The molecule has 0 aromatic heterocycles. The van der Waals surface area contributed by atoms with Gasteiger partial charge in [-0.05, 0) is 44.2 Å². The molecule has 1 aromatic rings. The topological polar surface area (TPSA) is 12.0 Å². The van der Waals surface area contributed by atoms with Gasteiger partial charge in [0.25, 0.3) is 0 Å². The quantitative estimate of drug-likeness (QED) is 0.826. The van der Waals surface area contributed by atoms with Crippen LogP contribution in [0, 0.1) is 18.8 Å². The third-order valence-corrected chi connectivity index (χ3v) is 2.76. The van der Waals surface area contributed by atoms with Gasteiger partial charge in [-0.3, -0.25) is 0 Å². The largest absolute Gasteiger partial charge is 0.312 e. The Kier molecular flexibility index (Phi) is 4.87. The minimum atomic E-state index is 0.314. The van der Waals surface area contributed by atoms with E-state index in [9.17, 15) is 0 Å². The fourth-order valence-electron chi connectivity index (χ4n) is 1.56. The number of hydrogen-bond acceptors (Lipinski definition) is 1. The second-order valence-electron chi connectivity index (χ2n) is 3.53. The molecule has 0 saturated carbocycles. The predicted octanol–water partition coefficient (Wildman–Crippen LogP) is 3.43. The molecule has 0 radical (unpaired) electrons. The Hall–Kier alpha value is -0.780. The van der Waals surface area contributed by atoms with Crippen LogP contribution in [0.2, 0.25) is 0 Å². The van der Waals surface area contributed by atoms with E-state index < -0.39 is 0 Å². The lowest BCUT2D eigenvalue weighted by atomic mass is 10.0. The van der Waals surface area contributed by atoms with Gasteiger partial charge >= 0.3 is 0 Å². The zero-order chi connectivity index (χ0) is 11.3. The highest BCUT2D eigenvalue weighted by atomic mass is 79.9. The van der Waals surface area contributed by atoms with Crippen molar-refractivity contribution in [1.82, 2.24) is 5.32 Å². The van der Waals surface area contributed by atoms with E-state index in [0.29, 0.717) is 6.04 Å². The number of aryl methyl sites for hydroxylation is 1. The van der Waals surface area contributed by atoms with Crippen LogP contribution in [0.1, 0.15) is 30.5 Å². The van der Waals surface area contributed by atoms with Crippen molar-refractivity contribution in [2.75, 3.05) is 7.05 Å². The summed E-state index contributed by atoms with van der Waals surface area (Å²) in [6.07, 6.45) is 0.850. The molecule has 80 valence electrons. The molecule has 0 bridgehead atoms. The molecule has 1 nitrogen and oxygen atoms in total. The summed E-state index contributed by atoms with van der Waals surface area (Å²) >= 11 is 3.51. The van der Waals surface area contributed by atoms with E-state index in [1.165, 1.54) is 11.1 Å². The summed E-state index contributed by atoms with van der Waals surface area (Å²) < 4.78 is 1.13. The Bertz CT molecular complexity index is 367. The van der Waals surface area contributed by atoms with Crippen molar-refractivity contribution in [3.05, 3.63) is 33.8 Å². The third-order valence-electron chi connectivity index (χ3n) is 2.30. The maximum Gasteiger partial charge on any atom is 0.0428 e. The lowest BCUT2D eigenvalue weighted by molar-refractivity contribution is 0.610. The minimum absolute atomic E-state index is 0.314. The van der Waals surface area contributed by atoms with Crippen molar-refractivity contribution in [2.45, 2.75) is 26.3 Å². The number of rotatable bonds is 3. The maximum absolute atomic E-state index is 3.51. The first-order valence-corrected chi connectivity index (χ1v) is 5.80. The van der Waals surface area contributed by atoms with E-state index >= 15 is 0 Å². The van der Waals surface area contributed by atoms with Gasteiger partial charge in [-0.25, -0.2) is 0 Å². The van der Waals surface area contributed by atoms with Crippen LogP contribution in [0.15, 0.2) is 22.7 Å². The zero-order valence-electron chi connectivity index (χ0n) is 9.39. The van der Waals surface area contributed by atoms with Crippen molar-refractivity contribution in [1.29, 1.82) is 0 Å². The molecule has 15 heavy (non-hydrogen) atoms. The van der Waals surface area contributed by atoms with Crippen molar-refractivity contribution < 1.29 is 0 Å². The fourth-order valence-corrected chi connectivity index (χ4v) is 2.18. The molecular formula is C13H16BrN. The summed E-state index contributed by atoms with van der Waals surface area (Å²) in [5, 5.41) is 3.28. The molecule has 0 fully saturated rings. The monoisotopic (exact) mass is 265 g/mol. The van der Waals surface area contributed by atoms with Crippen molar-refractivity contribution in [3.8, 4) is 11.8 Å². The van der Waals surface area contributed by atoms with Gasteiger partial charge < -0.3 is 5.32 Å². The summed E-state index contributed by atoms with van der Waals surface area (Å²) in [4.78, 5) is 0. The van der Waals surface area contributed by atoms with Crippen LogP contribution in [0.3, 0.4) is 0 Å². The fraction of sp³-hybridized carbons (Fsp3) is 0.385. The molecule has 1 unspecified atom stereocenters. The first kappa shape index (κ1) is 12.3. The SMILES string of the molecule is CC#CCC(NC)c1cc(C)cc(Br)c1. The Morgan fingerprint density at radius 2 is 2.13 bits per heavy atom. The Balaban J connectivity index is 2.93. The van der Waals surface area contributed by atoms with Crippen LogP contribution in [0.4, 0.5) is 0 Å². The lowest BCUT2D eigenvalue weighted by Crippen LogP contribution is -2.15. The second-order valence-corrected chi connectivity index (χ2v) is 4.45. The van der Waals surface area contributed by atoms with Crippen molar-refractivity contribution in [2.24, 2.45) is 0 Å². The van der Waals surface area contributed by atoms with Crippen LogP contribution >= 0.6 is 15.9 Å². The summed E-state index contributed by atoms with van der Waals surface area (Å²) in [6.45, 7) is 3.98. The molecule has 1 atom stereocenters. The highest BCUT2D eigenvalue weighted by molar-refractivity contribution is 9.10. The molecule has 0 aliphatic carbocycles. The highest BCUT2D eigenvalue weighted by Crippen LogP contribution is 2.22. The first-order chi connectivity index (χ1) is 7.17. The van der Waals surface area contributed by atoms with Crippen LogP contribution in [-0.4, -0.2) is 7.05 Å². The molecule has 0 aliphatic rings. The Labute approximate surface area is 100 Å². The second kappa shape index (κ2) is 5.95. The van der Waals surface area contributed by atoms with Gasteiger partial charge in [-0.1, -0.05) is 22.0 Å². The van der Waals surface area contributed by atoms with Crippen molar-refractivity contribution in [3.63, 3.8) is 0 Å². The summed E-state index contributed by atoms with van der Waals surface area (Å²) in [5.74, 6) is 6.04. The van der Waals surface area contributed by atoms with Gasteiger partial charge in [0, 0.05) is 16.9 Å². The average Bonchev–Trinajstić information content (AvgIpc) is 2.17. The number of benzene rings is 1. The lowest BCUT2D eigenvalue weighted by Gasteiger charge is -2.14. The standard InChI is InChI=1S/C13H16BrN/c1-4-5-6-13(15-3)11-7-10(2)8-12(14)9-11/h7-9,13,15H,6H2,1-3H3. The molecule has 2 heteroatoms. The van der Waals surface area contributed by atoms with Crippen LogP contribution in [-0.2, 0) is 0 Å². The number of hydrogen-bond donors (Lipinski definition) is 1. The van der Waals surface area contributed by atoms with Gasteiger partial charge in [0.1, 0.15) is 0 Å². The molecule has 1 N–H and O–H groups in total. The van der Waals surface area contributed by atoms with Crippen molar-refractivity contribution >= 4 is 15.9 Å². The summed E-state index contributed by atoms with van der Waals surface area (Å²) in [7, 11) is 1.97. The molecule has 0 heterocycles. The van der Waals surface area contributed by atoms with Crippen LogP contribution < -0.4 is 5.32 Å². The summed E-state index contributed by atoms with van der Waals surface area (Å²) in [5.41, 5.74) is 2.55. The van der Waals surface area contributed by atoms with E-state index in [-0.39, 0.29) is 0 Å². The maximum atomic E-state index is 3.51. The van der Waals surface area contributed by atoms with E-state index in [4.69, 9.17) is 0 Å². The highest BCUT2D eigenvalue weighted by Gasteiger charge is 2.08. The molecule has 0 spiro atoms. The number of nitrogens with one attached hydrogen (secondary N) is 1. The smallest absolute Gasteiger partial charge is 0.0428 e. The molecule has 0 aliphatic heterocycles. The van der Waals surface area contributed by atoms with Gasteiger partial charge in [0.05, 0.1) is 0 Å². The molecule has 0 amide bonds. The Morgan fingerprint density at radius 1 is 1.40 bits per heavy atom. The van der Waals surface area contributed by atoms with E-state index in [1.807, 2.05) is 14.0 Å². The Morgan fingerprint density at radius 3 is 2.67 bits per heavy atom. The minimum Gasteiger partial charge on any atom is -0.312 e. The molecule has 1 aromatic carbocycles. The number of halogens is 1. The molecule has 0 saturated heterocycles. The van der Waals surface area contributed by atoms with Gasteiger partial charge in [-0.15, -0.1) is 11.8 Å². The first-order valence-electron chi connectivity index (χ1n) is 5.01.